The van der Waals surface area contributed by atoms with Crippen LogP contribution >= 0.6 is 11.3 Å². The highest BCUT2D eigenvalue weighted by atomic mass is 32.1. The van der Waals surface area contributed by atoms with Gasteiger partial charge in [-0.1, -0.05) is 102 Å². The third-order valence-corrected chi connectivity index (χ3v) is 9.08. The van der Waals surface area contributed by atoms with Gasteiger partial charge in [-0.15, -0.1) is 0 Å². The van der Waals surface area contributed by atoms with Crippen LogP contribution < -0.4 is 10.2 Å². The molecule has 6 nitrogen and oxygen atoms in total. The Balaban J connectivity index is 1.35. The number of nitrogens with zero attached hydrogens (tertiary/aromatic N) is 2. The zero-order valence-corrected chi connectivity index (χ0v) is 25.8. The normalized spacial score (nSPS) is 12.8. The van der Waals surface area contributed by atoms with E-state index in [9.17, 15) is 9.59 Å². The van der Waals surface area contributed by atoms with Crippen LogP contribution in [0, 0.1) is 0 Å². The standard InChI is InChI=1S/C38H35N3O3S/c42-34(43)24-25-39-37(44)32-18-16-27(17-19-32)26-41(33-22-20-29(21-23-33)28-10-4-1-5-11-28)38-40-35(30-12-6-2-7-13-30)36(45-38)31-14-8-3-9-15-31/h2-3,6-10,12-23H,1,4-5,11,24-26H2,(H,39,44)(H,42,43). The SMILES string of the molecule is O=C(O)CCNC(=O)c1ccc(CN(c2ccc(C3=CCCCC3)cc2)c2nc(-c3ccccc3)c(-c3ccccc3)s2)cc1. The predicted octanol–water partition coefficient (Wildman–Crippen LogP) is 8.98. The van der Waals surface area contributed by atoms with Crippen molar-refractivity contribution in [1.82, 2.24) is 10.3 Å². The number of anilines is 2. The highest BCUT2D eigenvalue weighted by Crippen LogP contribution is 2.43. The number of hydrogen-bond donors (Lipinski definition) is 2. The molecule has 1 aliphatic carbocycles. The van der Waals surface area contributed by atoms with E-state index >= 15 is 0 Å². The molecule has 1 amide bonds. The minimum absolute atomic E-state index is 0.0914. The Labute approximate surface area is 267 Å². The van der Waals surface area contributed by atoms with Crippen LogP contribution in [0.1, 0.15) is 53.6 Å². The molecule has 0 atom stereocenters. The summed E-state index contributed by atoms with van der Waals surface area (Å²) in [6, 6.07) is 37.0. The van der Waals surface area contributed by atoms with Crippen LogP contribution in [-0.4, -0.2) is 28.5 Å². The van der Waals surface area contributed by atoms with Gasteiger partial charge in [0.05, 0.1) is 23.5 Å². The molecular weight excluding hydrogens is 579 g/mol. The van der Waals surface area contributed by atoms with Crippen molar-refractivity contribution in [2.24, 2.45) is 0 Å². The molecule has 0 saturated carbocycles. The molecule has 0 fully saturated rings. The summed E-state index contributed by atoms with van der Waals surface area (Å²) in [5.41, 5.74) is 8.38. The van der Waals surface area contributed by atoms with Gasteiger partial charge < -0.3 is 15.3 Å². The predicted molar refractivity (Wildman–Crippen MR) is 183 cm³/mol. The largest absolute Gasteiger partial charge is 0.481 e. The Morgan fingerprint density at radius 2 is 1.49 bits per heavy atom. The van der Waals surface area contributed by atoms with Gasteiger partial charge in [-0.25, -0.2) is 4.98 Å². The summed E-state index contributed by atoms with van der Waals surface area (Å²) in [4.78, 5) is 32.0. The average Bonchev–Trinajstić information content (AvgIpc) is 3.54. The van der Waals surface area contributed by atoms with E-state index in [1.807, 2.05) is 36.4 Å². The van der Waals surface area contributed by atoms with E-state index in [1.165, 1.54) is 24.0 Å². The van der Waals surface area contributed by atoms with Crippen molar-refractivity contribution in [3.05, 3.63) is 132 Å². The fourth-order valence-corrected chi connectivity index (χ4v) is 6.67. The van der Waals surface area contributed by atoms with Gasteiger partial charge in [-0.3, -0.25) is 9.59 Å². The van der Waals surface area contributed by atoms with Crippen LogP contribution in [0.15, 0.2) is 115 Å². The molecule has 0 unspecified atom stereocenters. The van der Waals surface area contributed by atoms with Gasteiger partial charge in [-0.2, -0.15) is 0 Å². The lowest BCUT2D eigenvalue weighted by Gasteiger charge is -2.23. The number of carboxylic acids is 1. The van der Waals surface area contributed by atoms with E-state index in [-0.39, 0.29) is 18.9 Å². The molecule has 0 bridgehead atoms. The Morgan fingerprint density at radius 1 is 0.800 bits per heavy atom. The molecule has 0 spiro atoms. The number of amides is 1. The number of aliphatic carboxylic acids is 1. The number of hydrogen-bond acceptors (Lipinski definition) is 5. The van der Waals surface area contributed by atoms with E-state index < -0.39 is 5.97 Å². The lowest BCUT2D eigenvalue weighted by atomic mass is 9.93. The second-order valence-electron chi connectivity index (χ2n) is 11.1. The summed E-state index contributed by atoms with van der Waals surface area (Å²) in [7, 11) is 0. The maximum absolute atomic E-state index is 12.5. The molecule has 7 heteroatoms. The second kappa shape index (κ2) is 14.2. The highest BCUT2D eigenvalue weighted by Gasteiger charge is 2.21. The quantitative estimate of drug-likeness (QED) is 0.155. The lowest BCUT2D eigenvalue weighted by molar-refractivity contribution is -0.136. The molecule has 45 heavy (non-hydrogen) atoms. The Kier molecular flexibility index (Phi) is 9.47. The first-order chi connectivity index (χ1) is 22.0. The molecular formula is C38H35N3O3S. The second-order valence-corrected chi connectivity index (χ2v) is 12.1. The van der Waals surface area contributed by atoms with Gasteiger partial charge in [0.2, 0.25) is 0 Å². The first-order valence-corrected chi connectivity index (χ1v) is 16.1. The lowest BCUT2D eigenvalue weighted by Crippen LogP contribution is -2.26. The Bertz CT molecular complexity index is 1720. The third-order valence-electron chi connectivity index (χ3n) is 7.95. The molecule has 0 saturated heterocycles. The first-order valence-electron chi connectivity index (χ1n) is 15.3. The van der Waals surface area contributed by atoms with E-state index in [1.54, 1.807) is 23.5 Å². The fraction of sp³-hybridized carbons (Fsp3) is 0.184. The van der Waals surface area contributed by atoms with Crippen molar-refractivity contribution in [3.63, 3.8) is 0 Å². The maximum atomic E-state index is 12.5. The van der Waals surface area contributed by atoms with E-state index in [2.05, 4.69) is 77.0 Å². The van der Waals surface area contributed by atoms with Crippen molar-refractivity contribution >= 4 is 39.6 Å². The van der Waals surface area contributed by atoms with Gasteiger partial charge >= 0.3 is 5.97 Å². The number of carboxylic acid groups (broad SMARTS) is 1. The van der Waals surface area contributed by atoms with Crippen molar-refractivity contribution < 1.29 is 14.7 Å². The van der Waals surface area contributed by atoms with E-state index in [0.29, 0.717) is 12.1 Å². The number of carbonyl (C=O) groups is 2. The maximum Gasteiger partial charge on any atom is 0.305 e. The first kappa shape index (κ1) is 30.0. The summed E-state index contributed by atoms with van der Waals surface area (Å²) < 4.78 is 0. The van der Waals surface area contributed by atoms with Crippen LogP contribution in [0.2, 0.25) is 0 Å². The van der Waals surface area contributed by atoms with Crippen molar-refractivity contribution in [2.45, 2.75) is 38.6 Å². The van der Waals surface area contributed by atoms with Crippen LogP contribution in [0.3, 0.4) is 0 Å². The molecule has 4 aromatic carbocycles. The number of benzene rings is 4. The smallest absolute Gasteiger partial charge is 0.305 e. The Morgan fingerprint density at radius 3 is 2.13 bits per heavy atom. The van der Waals surface area contributed by atoms with Crippen LogP contribution in [0.5, 0.6) is 0 Å². The number of rotatable bonds is 11. The Hall–Kier alpha value is -5.01. The van der Waals surface area contributed by atoms with E-state index in [0.717, 1.165) is 50.9 Å². The molecule has 6 rings (SSSR count). The zero-order valence-electron chi connectivity index (χ0n) is 25.0. The highest BCUT2D eigenvalue weighted by molar-refractivity contribution is 7.19. The fourth-order valence-electron chi connectivity index (χ4n) is 5.56. The van der Waals surface area contributed by atoms with Gasteiger partial charge in [0.25, 0.3) is 5.91 Å². The third kappa shape index (κ3) is 7.39. The summed E-state index contributed by atoms with van der Waals surface area (Å²) in [6.07, 6.45) is 7.01. The molecule has 0 aliphatic heterocycles. The summed E-state index contributed by atoms with van der Waals surface area (Å²) >= 11 is 1.67. The number of thiazole rings is 1. The minimum Gasteiger partial charge on any atom is -0.481 e. The summed E-state index contributed by atoms with van der Waals surface area (Å²) in [5, 5.41) is 12.4. The van der Waals surface area contributed by atoms with Gasteiger partial charge in [0, 0.05) is 23.4 Å². The van der Waals surface area contributed by atoms with Gasteiger partial charge in [-0.05, 0) is 72.2 Å². The number of nitrogens with one attached hydrogen (secondary N) is 1. The topological polar surface area (TPSA) is 82.5 Å². The summed E-state index contributed by atoms with van der Waals surface area (Å²) in [6.45, 7) is 0.646. The number of allylic oxidation sites excluding steroid dienone is 2. The minimum atomic E-state index is -0.942. The average molecular weight is 614 g/mol. The van der Waals surface area contributed by atoms with Crippen molar-refractivity contribution in [2.75, 3.05) is 11.4 Å². The van der Waals surface area contributed by atoms with Crippen LogP contribution in [0.25, 0.3) is 27.3 Å². The summed E-state index contributed by atoms with van der Waals surface area (Å²) in [5.74, 6) is -1.23. The molecule has 2 N–H and O–H groups in total. The molecule has 5 aromatic rings. The molecule has 1 heterocycles. The van der Waals surface area contributed by atoms with Gasteiger partial charge in [0.15, 0.2) is 5.13 Å². The molecule has 1 aliphatic rings. The molecule has 0 radical (unpaired) electrons. The number of carbonyl (C=O) groups excluding carboxylic acids is 1. The molecule has 226 valence electrons. The van der Waals surface area contributed by atoms with Crippen LogP contribution in [0.4, 0.5) is 10.8 Å². The van der Waals surface area contributed by atoms with Crippen LogP contribution in [-0.2, 0) is 11.3 Å². The monoisotopic (exact) mass is 613 g/mol. The number of aromatic nitrogens is 1. The van der Waals surface area contributed by atoms with E-state index in [4.69, 9.17) is 10.1 Å². The van der Waals surface area contributed by atoms with Crippen molar-refractivity contribution in [3.8, 4) is 21.7 Å². The van der Waals surface area contributed by atoms with Crippen molar-refractivity contribution in [1.29, 1.82) is 0 Å². The van der Waals surface area contributed by atoms with Gasteiger partial charge in [0.1, 0.15) is 0 Å². The zero-order chi connectivity index (χ0) is 31.0. The molecule has 1 aromatic heterocycles.